The van der Waals surface area contributed by atoms with Crippen molar-refractivity contribution in [2.24, 2.45) is 0 Å². The lowest BCUT2D eigenvalue weighted by molar-refractivity contribution is -0.0507. The molecule has 1 unspecified atom stereocenters. The number of halogens is 2. The SMILES string of the molecule is Cc1cc(C(=O)NCC(O)c2ccsc2)cc(C)c1OC(F)F. The summed E-state index contributed by atoms with van der Waals surface area (Å²) in [6.45, 7) is 0.361. The molecule has 0 fully saturated rings. The molecule has 4 nitrogen and oxygen atoms in total. The zero-order chi connectivity index (χ0) is 17.0. The molecule has 0 radical (unpaired) electrons. The Kier molecular flexibility index (Phi) is 5.68. The second-order valence-corrected chi connectivity index (χ2v) is 5.88. The average molecular weight is 341 g/mol. The summed E-state index contributed by atoms with van der Waals surface area (Å²) in [6.07, 6.45) is -0.783. The van der Waals surface area contributed by atoms with Crippen molar-refractivity contribution in [2.45, 2.75) is 26.6 Å². The highest BCUT2D eigenvalue weighted by Crippen LogP contribution is 2.26. The summed E-state index contributed by atoms with van der Waals surface area (Å²) < 4.78 is 29.2. The van der Waals surface area contributed by atoms with Crippen molar-refractivity contribution >= 4 is 17.2 Å². The standard InChI is InChI=1S/C16H17F2NO3S/c1-9-5-12(6-10(2)14(9)22-16(17)18)15(21)19-7-13(20)11-3-4-23-8-11/h3-6,8,13,16,20H,7H2,1-2H3,(H,19,21). The summed E-state index contributed by atoms with van der Waals surface area (Å²) in [5.41, 5.74) is 1.98. The van der Waals surface area contributed by atoms with Crippen LogP contribution in [0, 0.1) is 13.8 Å². The predicted molar refractivity (Wildman–Crippen MR) is 84.2 cm³/mol. The Morgan fingerprint density at radius 3 is 2.52 bits per heavy atom. The molecule has 0 saturated carbocycles. The van der Waals surface area contributed by atoms with E-state index in [4.69, 9.17) is 0 Å². The molecule has 2 rings (SSSR count). The average Bonchev–Trinajstić information content (AvgIpc) is 3.02. The van der Waals surface area contributed by atoms with E-state index in [1.807, 2.05) is 10.8 Å². The normalized spacial score (nSPS) is 12.3. The van der Waals surface area contributed by atoms with E-state index in [1.54, 1.807) is 19.9 Å². The third-order valence-corrected chi connectivity index (χ3v) is 4.01. The Bertz CT molecular complexity index is 651. The number of ether oxygens (including phenoxy) is 1. The molecule has 1 aromatic heterocycles. The van der Waals surface area contributed by atoms with E-state index < -0.39 is 12.7 Å². The van der Waals surface area contributed by atoms with Crippen molar-refractivity contribution in [2.75, 3.05) is 6.54 Å². The van der Waals surface area contributed by atoms with Gasteiger partial charge in [0.1, 0.15) is 5.75 Å². The van der Waals surface area contributed by atoms with Gasteiger partial charge >= 0.3 is 6.61 Å². The van der Waals surface area contributed by atoms with Crippen LogP contribution in [0.1, 0.15) is 33.2 Å². The first kappa shape index (κ1) is 17.4. The molecule has 23 heavy (non-hydrogen) atoms. The van der Waals surface area contributed by atoms with Crippen LogP contribution in [0.3, 0.4) is 0 Å². The second kappa shape index (κ2) is 7.52. The maximum Gasteiger partial charge on any atom is 0.387 e. The monoisotopic (exact) mass is 341 g/mol. The van der Waals surface area contributed by atoms with Gasteiger partial charge < -0.3 is 15.2 Å². The van der Waals surface area contributed by atoms with E-state index in [2.05, 4.69) is 10.1 Å². The molecule has 1 amide bonds. The van der Waals surface area contributed by atoms with Gasteiger partial charge in [0.25, 0.3) is 5.91 Å². The van der Waals surface area contributed by atoms with E-state index in [9.17, 15) is 18.7 Å². The smallest absolute Gasteiger partial charge is 0.387 e. The number of amides is 1. The number of alkyl halides is 2. The quantitative estimate of drug-likeness (QED) is 0.846. The summed E-state index contributed by atoms with van der Waals surface area (Å²) >= 11 is 1.46. The van der Waals surface area contributed by atoms with Crippen LogP contribution in [0.5, 0.6) is 5.75 Å². The van der Waals surface area contributed by atoms with Gasteiger partial charge in [-0.15, -0.1) is 0 Å². The number of aliphatic hydroxyl groups is 1. The van der Waals surface area contributed by atoms with Crippen molar-refractivity contribution in [1.82, 2.24) is 5.32 Å². The van der Waals surface area contributed by atoms with Crippen LogP contribution in [0.15, 0.2) is 29.0 Å². The molecular weight excluding hydrogens is 324 g/mol. The van der Waals surface area contributed by atoms with Gasteiger partial charge in [-0.3, -0.25) is 4.79 Å². The van der Waals surface area contributed by atoms with Crippen LogP contribution in [-0.4, -0.2) is 24.2 Å². The maximum atomic E-state index is 12.4. The van der Waals surface area contributed by atoms with Gasteiger partial charge in [-0.1, -0.05) is 0 Å². The highest BCUT2D eigenvalue weighted by Gasteiger charge is 2.16. The molecule has 0 spiro atoms. The predicted octanol–water partition coefficient (Wildman–Crippen LogP) is 3.43. The van der Waals surface area contributed by atoms with E-state index in [1.165, 1.54) is 23.5 Å². The van der Waals surface area contributed by atoms with Gasteiger partial charge in [-0.25, -0.2) is 0 Å². The molecule has 0 aliphatic heterocycles. The first-order chi connectivity index (χ1) is 10.9. The summed E-state index contributed by atoms with van der Waals surface area (Å²) in [6, 6.07) is 4.75. The Labute approximate surface area is 136 Å². The number of aryl methyl sites for hydroxylation is 2. The number of aliphatic hydroxyl groups excluding tert-OH is 1. The molecule has 0 saturated heterocycles. The lowest BCUT2D eigenvalue weighted by Gasteiger charge is -2.14. The molecule has 124 valence electrons. The van der Waals surface area contributed by atoms with Crippen molar-refractivity contribution < 1.29 is 23.4 Å². The highest BCUT2D eigenvalue weighted by molar-refractivity contribution is 7.07. The van der Waals surface area contributed by atoms with E-state index in [-0.39, 0.29) is 18.2 Å². The van der Waals surface area contributed by atoms with Crippen molar-refractivity contribution in [3.63, 3.8) is 0 Å². The zero-order valence-corrected chi connectivity index (χ0v) is 13.5. The van der Waals surface area contributed by atoms with Crippen molar-refractivity contribution in [1.29, 1.82) is 0 Å². The maximum absolute atomic E-state index is 12.4. The number of carbonyl (C=O) groups excluding carboxylic acids is 1. The Morgan fingerprint density at radius 2 is 2.00 bits per heavy atom. The molecule has 1 heterocycles. The van der Waals surface area contributed by atoms with E-state index in [0.717, 1.165) is 5.56 Å². The third-order valence-electron chi connectivity index (χ3n) is 3.31. The van der Waals surface area contributed by atoms with Gasteiger partial charge in [-0.05, 0) is 59.5 Å². The minimum atomic E-state index is -2.91. The van der Waals surface area contributed by atoms with Crippen molar-refractivity contribution in [3.05, 3.63) is 51.2 Å². The number of hydrogen-bond donors (Lipinski definition) is 2. The fourth-order valence-electron chi connectivity index (χ4n) is 2.23. The van der Waals surface area contributed by atoms with Crippen LogP contribution in [0.2, 0.25) is 0 Å². The summed E-state index contributed by atoms with van der Waals surface area (Å²) in [5, 5.41) is 16.2. The first-order valence-corrected chi connectivity index (χ1v) is 7.87. The van der Waals surface area contributed by atoms with Crippen LogP contribution >= 0.6 is 11.3 Å². The van der Waals surface area contributed by atoms with Gasteiger partial charge in [0.05, 0.1) is 6.10 Å². The molecule has 2 N–H and O–H groups in total. The molecule has 7 heteroatoms. The Hall–Kier alpha value is -1.99. The Morgan fingerprint density at radius 1 is 1.35 bits per heavy atom. The van der Waals surface area contributed by atoms with E-state index in [0.29, 0.717) is 16.7 Å². The van der Waals surface area contributed by atoms with Gasteiger partial charge in [0.2, 0.25) is 0 Å². The van der Waals surface area contributed by atoms with Gasteiger partial charge in [0.15, 0.2) is 0 Å². The zero-order valence-electron chi connectivity index (χ0n) is 12.7. The summed E-state index contributed by atoms with van der Waals surface area (Å²) in [7, 11) is 0. The van der Waals surface area contributed by atoms with Gasteiger partial charge in [0, 0.05) is 12.1 Å². The van der Waals surface area contributed by atoms with E-state index >= 15 is 0 Å². The number of benzene rings is 1. The number of nitrogens with one attached hydrogen (secondary N) is 1. The van der Waals surface area contributed by atoms with Gasteiger partial charge in [-0.2, -0.15) is 20.1 Å². The number of carbonyl (C=O) groups is 1. The molecule has 1 atom stereocenters. The summed E-state index contributed by atoms with van der Waals surface area (Å²) in [4.78, 5) is 12.1. The lowest BCUT2D eigenvalue weighted by atomic mass is 10.0. The Balaban J connectivity index is 2.05. The van der Waals surface area contributed by atoms with Crippen LogP contribution in [-0.2, 0) is 0 Å². The minimum absolute atomic E-state index is 0.0724. The summed E-state index contributed by atoms with van der Waals surface area (Å²) in [5.74, 6) is -0.302. The minimum Gasteiger partial charge on any atom is -0.434 e. The fourth-order valence-corrected chi connectivity index (χ4v) is 2.94. The molecule has 2 aromatic rings. The molecule has 1 aromatic carbocycles. The first-order valence-electron chi connectivity index (χ1n) is 6.93. The molecule has 0 aliphatic carbocycles. The lowest BCUT2D eigenvalue weighted by Crippen LogP contribution is -2.28. The molecular formula is C16H17F2NO3S. The fraction of sp³-hybridized carbons (Fsp3) is 0.312. The number of rotatable bonds is 6. The molecule has 0 aliphatic rings. The largest absolute Gasteiger partial charge is 0.434 e. The highest BCUT2D eigenvalue weighted by atomic mass is 32.1. The third kappa shape index (κ3) is 4.49. The number of thiophene rings is 1. The topological polar surface area (TPSA) is 58.6 Å². The van der Waals surface area contributed by atoms with Crippen LogP contribution in [0.4, 0.5) is 8.78 Å². The second-order valence-electron chi connectivity index (χ2n) is 5.10. The number of hydrogen-bond acceptors (Lipinski definition) is 4. The molecule has 0 bridgehead atoms. The van der Waals surface area contributed by atoms with Crippen molar-refractivity contribution in [3.8, 4) is 5.75 Å². The van der Waals surface area contributed by atoms with Crippen LogP contribution in [0.25, 0.3) is 0 Å². The van der Waals surface area contributed by atoms with Crippen LogP contribution < -0.4 is 10.1 Å².